The fourth-order valence-electron chi connectivity index (χ4n) is 1.43. The van der Waals surface area contributed by atoms with Gasteiger partial charge >= 0.3 is 0 Å². The minimum Gasteiger partial charge on any atom is -0.370 e. The minimum atomic E-state index is -0.204. The number of rotatable bonds is 5. The molecule has 1 rings (SSSR count). The van der Waals surface area contributed by atoms with E-state index in [1.807, 2.05) is 0 Å². The molecule has 0 heterocycles. The molecule has 2 N–H and O–H groups in total. The summed E-state index contributed by atoms with van der Waals surface area (Å²) in [4.78, 5) is 12.7. The van der Waals surface area contributed by atoms with E-state index in [1.54, 1.807) is 0 Å². The summed E-state index contributed by atoms with van der Waals surface area (Å²) in [5.74, 6) is 0.660. The van der Waals surface area contributed by atoms with Crippen molar-refractivity contribution in [2.24, 2.45) is 11.7 Å². The van der Waals surface area contributed by atoms with Crippen LogP contribution in [0.25, 0.3) is 0 Å². The molecule has 12 heavy (non-hydrogen) atoms. The van der Waals surface area contributed by atoms with Gasteiger partial charge in [0.15, 0.2) is 0 Å². The summed E-state index contributed by atoms with van der Waals surface area (Å²) in [5.41, 5.74) is 5.07. The molecular weight excluding hydrogens is 152 g/mol. The largest absolute Gasteiger partial charge is 0.370 e. The Balaban J connectivity index is 2.17. The summed E-state index contributed by atoms with van der Waals surface area (Å²) in [6, 6.07) is 0.615. The number of hydrogen-bond donors (Lipinski definition) is 1. The number of carbonyl (C=O) groups excluding carboxylic acids is 1. The zero-order valence-corrected chi connectivity index (χ0v) is 7.92. The number of amides is 1. The van der Waals surface area contributed by atoms with E-state index in [-0.39, 0.29) is 5.91 Å². The van der Waals surface area contributed by atoms with Crippen molar-refractivity contribution < 1.29 is 4.79 Å². The Bertz CT molecular complexity index is 166. The van der Waals surface area contributed by atoms with Gasteiger partial charge in [-0.3, -0.25) is 4.79 Å². The van der Waals surface area contributed by atoms with Crippen LogP contribution in [0.3, 0.4) is 0 Å². The first-order valence-corrected chi connectivity index (χ1v) is 4.60. The molecule has 70 valence electrons. The second kappa shape index (κ2) is 3.90. The smallest absolute Gasteiger partial charge is 0.218 e. The fourth-order valence-corrected chi connectivity index (χ4v) is 1.43. The molecule has 3 nitrogen and oxygen atoms in total. The van der Waals surface area contributed by atoms with Crippen molar-refractivity contribution >= 4 is 5.91 Å². The van der Waals surface area contributed by atoms with E-state index in [4.69, 9.17) is 5.73 Å². The third-order valence-corrected chi connectivity index (χ3v) is 2.71. The Morgan fingerprint density at radius 3 is 2.67 bits per heavy atom. The van der Waals surface area contributed by atoms with Gasteiger partial charge in [-0.2, -0.15) is 0 Å². The van der Waals surface area contributed by atoms with Crippen LogP contribution in [0.5, 0.6) is 0 Å². The zero-order chi connectivity index (χ0) is 9.14. The molecule has 3 heteroatoms. The van der Waals surface area contributed by atoms with E-state index in [0.717, 1.165) is 12.5 Å². The van der Waals surface area contributed by atoms with Crippen LogP contribution in [0.15, 0.2) is 0 Å². The highest BCUT2D eigenvalue weighted by Crippen LogP contribution is 2.34. The standard InChI is InChI=1S/C9H18N2O/c1-7(8-3-4-8)11(2)6-5-9(10)12/h7-8H,3-6H2,1-2H3,(H2,10,12). The molecule has 0 radical (unpaired) electrons. The first-order valence-electron chi connectivity index (χ1n) is 4.60. The third-order valence-electron chi connectivity index (χ3n) is 2.71. The number of carbonyl (C=O) groups is 1. The van der Waals surface area contributed by atoms with Crippen LogP contribution in [0.1, 0.15) is 26.2 Å². The van der Waals surface area contributed by atoms with Gasteiger partial charge in [-0.15, -0.1) is 0 Å². The van der Waals surface area contributed by atoms with E-state index in [1.165, 1.54) is 12.8 Å². The van der Waals surface area contributed by atoms with Crippen molar-refractivity contribution in [3.05, 3.63) is 0 Å². The first kappa shape index (κ1) is 9.52. The fraction of sp³-hybridized carbons (Fsp3) is 0.889. The molecule has 1 amide bonds. The molecule has 0 saturated heterocycles. The van der Waals surface area contributed by atoms with Crippen molar-refractivity contribution in [1.29, 1.82) is 0 Å². The number of primary amides is 1. The normalized spacial score (nSPS) is 19.6. The van der Waals surface area contributed by atoms with Gasteiger partial charge in [-0.25, -0.2) is 0 Å². The Labute approximate surface area is 73.9 Å². The summed E-state index contributed by atoms with van der Waals surface area (Å²) in [7, 11) is 2.06. The molecule has 0 aliphatic heterocycles. The summed E-state index contributed by atoms with van der Waals surface area (Å²) < 4.78 is 0. The van der Waals surface area contributed by atoms with E-state index in [9.17, 15) is 4.79 Å². The lowest BCUT2D eigenvalue weighted by Gasteiger charge is -2.23. The molecule has 1 saturated carbocycles. The van der Waals surface area contributed by atoms with Crippen molar-refractivity contribution in [2.45, 2.75) is 32.2 Å². The average Bonchev–Trinajstić information content (AvgIpc) is 2.80. The SMILES string of the molecule is CC(C1CC1)N(C)CCC(N)=O. The van der Waals surface area contributed by atoms with Crippen LogP contribution in [0.2, 0.25) is 0 Å². The van der Waals surface area contributed by atoms with Gasteiger partial charge in [-0.1, -0.05) is 0 Å². The first-order chi connectivity index (χ1) is 5.61. The van der Waals surface area contributed by atoms with Crippen molar-refractivity contribution in [3.63, 3.8) is 0 Å². The van der Waals surface area contributed by atoms with E-state index in [2.05, 4.69) is 18.9 Å². The topological polar surface area (TPSA) is 46.3 Å². The highest BCUT2D eigenvalue weighted by atomic mass is 16.1. The van der Waals surface area contributed by atoms with Crippen LogP contribution in [-0.2, 0) is 4.79 Å². The van der Waals surface area contributed by atoms with Crippen LogP contribution in [0.4, 0.5) is 0 Å². The Morgan fingerprint density at radius 2 is 2.25 bits per heavy atom. The van der Waals surface area contributed by atoms with Gasteiger partial charge < -0.3 is 10.6 Å². The molecule has 0 bridgehead atoms. The lowest BCUT2D eigenvalue weighted by Crippen LogP contribution is -2.33. The summed E-state index contributed by atoms with van der Waals surface area (Å²) >= 11 is 0. The molecule has 0 aromatic carbocycles. The maximum Gasteiger partial charge on any atom is 0.218 e. The predicted octanol–water partition coefficient (Wildman–Crippen LogP) is 0.592. The number of hydrogen-bond acceptors (Lipinski definition) is 2. The Kier molecular flexibility index (Phi) is 3.09. The van der Waals surface area contributed by atoms with Crippen LogP contribution in [-0.4, -0.2) is 30.4 Å². The second-order valence-electron chi connectivity index (χ2n) is 3.77. The molecule has 1 unspecified atom stereocenters. The molecule has 1 atom stereocenters. The average molecular weight is 170 g/mol. The molecule has 0 aromatic rings. The summed E-state index contributed by atoms with van der Waals surface area (Å²) in [5, 5.41) is 0. The highest BCUT2D eigenvalue weighted by molar-refractivity contribution is 5.73. The quantitative estimate of drug-likeness (QED) is 0.656. The van der Waals surface area contributed by atoms with Crippen molar-refractivity contribution in [3.8, 4) is 0 Å². The van der Waals surface area contributed by atoms with Gasteiger partial charge in [0, 0.05) is 19.0 Å². The van der Waals surface area contributed by atoms with Gasteiger partial charge in [0.25, 0.3) is 0 Å². The lowest BCUT2D eigenvalue weighted by molar-refractivity contribution is -0.118. The van der Waals surface area contributed by atoms with E-state index in [0.29, 0.717) is 12.5 Å². The van der Waals surface area contributed by atoms with Crippen LogP contribution >= 0.6 is 0 Å². The lowest BCUT2D eigenvalue weighted by atomic mass is 10.2. The van der Waals surface area contributed by atoms with Crippen molar-refractivity contribution in [2.75, 3.05) is 13.6 Å². The van der Waals surface area contributed by atoms with Gasteiger partial charge in [-0.05, 0) is 32.7 Å². The Hall–Kier alpha value is -0.570. The zero-order valence-electron chi connectivity index (χ0n) is 7.92. The molecule has 0 aromatic heterocycles. The third kappa shape index (κ3) is 2.81. The summed E-state index contributed by atoms with van der Waals surface area (Å²) in [6.45, 7) is 3.02. The maximum atomic E-state index is 10.5. The molecule has 1 aliphatic rings. The number of nitrogens with two attached hydrogens (primary N) is 1. The Morgan fingerprint density at radius 1 is 1.67 bits per heavy atom. The molecular formula is C9H18N2O. The van der Waals surface area contributed by atoms with Crippen LogP contribution < -0.4 is 5.73 Å². The van der Waals surface area contributed by atoms with Gasteiger partial charge in [0.2, 0.25) is 5.91 Å². The van der Waals surface area contributed by atoms with E-state index < -0.39 is 0 Å². The molecule has 1 fully saturated rings. The van der Waals surface area contributed by atoms with E-state index >= 15 is 0 Å². The minimum absolute atomic E-state index is 0.204. The van der Waals surface area contributed by atoms with Gasteiger partial charge in [0.1, 0.15) is 0 Å². The summed E-state index contributed by atoms with van der Waals surface area (Å²) in [6.07, 6.45) is 3.18. The van der Waals surface area contributed by atoms with Gasteiger partial charge in [0.05, 0.1) is 0 Å². The molecule has 1 aliphatic carbocycles. The monoisotopic (exact) mass is 170 g/mol. The van der Waals surface area contributed by atoms with Crippen molar-refractivity contribution in [1.82, 2.24) is 4.90 Å². The highest BCUT2D eigenvalue weighted by Gasteiger charge is 2.30. The number of nitrogens with zero attached hydrogens (tertiary/aromatic N) is 1. The second-order valence-corrected chi connectivity index (χ2v) is 3.77. The van der Waals surface area contributed by atoms with Crippen LogP contribution in [0, 0.1) is 5.92 Å². The predicted molar refractivity (Wildman–Crippen MR) is 48.6 cm³/mol. The maximum absolute atomic E-state index is 10.5. The molecule has 0 spiro atoms.